The van der Waals surface area contributed by atoms with Gasteiger partial charge >= 0.3 is 5.97 Å². The number of allylic oxidation sites excluding steroid dienone is 1. The quantitative estimate of drug-likeness (QED) is 0.752. The summed E-state index contributed by atoms with van der Waals surface area (Å²) in [6.07, 6.45) is 3.56. The van der Waals surface area contributed by atoms with E-state index in [0.29, 0.717) is 11.8 Å². The molecule has 1 aromatic carbocycles. The highest BCUT2D eigenvalue weighted by molar-refractivity contribution is 9.11. The maximum atomic E-state index is 11.1. The summed E-state index contributed by atoms with van der Waals surface area (Å²) in [5.74, 6) is 1.38. The summed E-state index contributed by atoms with van der Waals surface area (Å²) in [6, 6.07) is 8.05. The summed E-state index contributed by atoms with van der Waals surface area (Å²) in [6.45, 7) is 2.23. The second kappa shape index (κ2) is 7.64. The molecule has 1 saturated carbocycles. The molecule has 0 unspecified atom stereocenters. The predicted molar refractivity (Wildman–Crippen MR) is 86.7 cm³/mol. The average molecular weight is 353 g/mol. The standard InChI is InChI=1S/C17H21BrO3/c1-12-14(10-18)6-4-8-16(12)13-5-3-7-15(9-13)21-11-17(19)20-2/h3,5,7,9-10,12,16H,4,6,8,11H2,1-2H3/b14-10+/t12-,16-/m0/s1. The zero-order valence-electron chi connectivity index (χ0n) is 12.5. The van der Waals surface area contributed by atoms with Crippen LogP contribution in [-0.4, -0.2) is 19.7 Å². The zero-order valence-corrected chi connectivity index (χ0v) is 14.1. The van der Waals surface area contributed by atoms with Crippen molar-refractivity contribution in [3.63, 3.8) is 0 Å². The first-order valence-electron chi connectivity index (χ1n) is 7.24. The van der Waals surface area contributed by atoms with Crippen molar-refractivity contribution < 1.29 is 14.3 Å². The fourth-order valence-corrected chi connectivity index (χ4v) is 3.55. The topological polar surface area (TPSA) is 35.5 Å². The first kappa shape index (κ1) is 16.1. The summed E-state index contributed by atoms with van der Waals surface area (Å²) in [5.41, 5.74) is 2.74. The summed E-state index contributed by atoms with van der Waals surface area (Å²) in [5, 5.41) is 0. The zero-order chi connectivity index (χ0) is 15.2. The van der Waals surface area contributed by atoms with Crippen LogP contribution in [0.5, 0.6) is 5.75 Å². The van der Waals surface area contributed by atoms with Gasteiger partial charge in [-0.25, -0.2) is 4.79 Å². The Balaban J connectivity index is 2.11. The number of benzene rings is 1. The molecular formula is C17H21BrO3. The minimum absolute atomic E-state index is 0.0489. The van der Waals surface area contributed by atoms with Gasteiger partial charge in [0.25, 0.3) is 0 Å². The smallest absolute Gasteiger partial charge is 0.343 e. The van der Waals surface area contributed by atoms with Gasteiger partial charge in [0.05, 0.1) is 7.11 Å². The lowest BCUT2D eigenvalue weighted by molar-refractivity contribution is -0.142. The number of hydrogen-bond donors (Lipinski definition) is 0. The Morgan fingerprint density at radius 2 is 2.29 bits per heavy atom. The lowest BCUT2D eigenvalue weighted by atomic mass is 9.74. The number of methoxy groups -OCH3 is 1. The highest BCUT2D eigenvalue weighted by Crippen LogP contribution is 2.41. The maximum Gasteiger partial charge on any atom is 0.343 e. The Bertz CT molecular complexity index is 525. The van der Waals surface area contributed by atoms with Crippen LogP contribution in [0.3, 0.4) is 0 Å². The van der Waals surface area contributed by atoms with Crippen molar-refractivity contribution in [2.75, 3.05) is 13.7 Å². The van der Waals surface area contributed by atoms with E-state index in [-0.39, 0.29) is 12.6 Å². The third kappa shape index (κ3) is 4.10. The van der Waals surface area contributed by atoms with Gasteiger partial charge < -0.3 is 9.47 Å². The van der Waals surface area contributed by atoms with Crippen molar-refractivity contribution in [1.29, 1.82) is 0 Å². The van der Waals surface area contributed by atoms with Crippen LogP contribution in [0.25, 0.3) is 0 Å². The number of rotatable bonds is 4. The largest absolute Gasteiger partial charge is 0.482 e. The number of halogens is 1. The van der Waals surface area contributed by atoms with Crippen LogP contribution < -0.4 is 4.74 Å². The molecule has 2 atom stereocenters. The van der Waals surface area contributed by atoms with Crippen LogP contribution >= 0.6 is 15.9 Å². The van der Waals surface area contributed by atoms with Crippen LogP contribution in [0.15, 0.2) is 34.8 Å². The van der Waals surface area contributed by atoms with Crippen molar-refractivity contribution in [2.24, 2.45) is 5.92 Å². The second-order valence-corrected chi connectivity index (χ2v) is 5.87. The van der Waals surface area contributed by atoms with E-state index in [1.165, 1.54) is 37.5 Å². The Labute approximate surface area is 134 Å². The van der Waals surface area contributed by atoms with Crippen LogP contribution in [0, 0.1) is 5.92 Å². The molecule has 0 aliphatic heterocycles. The van der Waals surface area contributed by atoms with E-state index in [9.17, 15) is 4.79 Å². The molecule has 0 bridgehead atoms. The highest BCUT2D eigenvalue weighted by Gasteiger charge is 2.26. The van der Waals surface area contributed by atoms with Crippen molar-refractivity contribution >= 4 is 21.9 Å². The van der Waals surface area contributed by atoms with E-state index < -0.39 is 0 Å². The minimum Gasteiger partial charge on any atom is -0.482 e. The summed E-state index contributed by atoms with van der Waals surface area (Å²) < 4.78 is 10.1. The normalized spacial score (nSPS) is 23.9. The first-order chi connectivity index (χ1) is 10.2. The van der Waals surface area contributed by atoms with Gasteiger partial charge in [-0.05, 0) is 53.8 Å². The van der Waals surface area contributed by atoms with Gasteiger partial charge in [0.1, 0.15) is 5.75 Å². The molecule has 0 amide bonds. The lowest BCUT2D eigenvalue weighted by Crippen LogP contribution is -2.17. The average Bonchev–Trinajstić information content (AvgIpc) is 2.53. The molecule has 0 saturated heterocycles. The van der Waals surface area contributed by atoms with Crippen LogP contribution in [0.1, 0.15) is 37.7 Å². The van der Waals surface area contributed by atoms with Crippen LogP contribution in [0.2, 0.25) is 0 Å². The molecule has 0 radical (unpaired) electrons. The van der Waals surface area contributed by atoms with Gasteiger partial charge in [-0.2, -0.15) is 0 Å². The second-order valence-electron chi connectivity index (χ2n) is 5.41. The molecule has 21 heavy (non-hydrogen) atoms. The molecular weight excluding hydrogens is 332 g/mol. The SMILES string of the molecule is COC(=O)COc1cccc([C@H]2CCC/C(=C\Br)[C@@H]2C)c1. The van der Waals surface area contributed by atoms with E-state index >= 15 is 0 Å². The molecule has 1 fully saturated rings. The van der Waals surface area contributed by atoms with Gasteiger partial charge in [-0.1, -0.05) is 40.6 Å². The monoisotopic (exact) mass is 352 g/mol. The van der Waals surface area contributed by atoms with E-state index in [1.54, 1.807) is 0 Å². The van der Waals surface area contributed by atoms with Gasteiger partial charge in [0, 0.05) is 0 Å². The molecule has 1 aliphatic carbocycles. The molecule has 2 rings (SSSR count). The van der Waals surface area contributed by atoms with E-state index in [4.69, 9.17) is 4.74 Å². The van der Waals surface area contributed by atoms with E-state index in [0.717, 1.165) is 5.75 Å². The molecule has 0 spiro atoms. The Morgan fingerprint density at radius 3 is 3.00 bits per heavy atom. The van der Waals surface area contributed by atoms with Gasteiger partial charge in [-0.3, -0.25) is 0 Å². The Kier molecular flexibility index (Phi) is 5.85. The molecule has 114 valence electrons. The van der Waals surface area contributed by atoms with Gasteiger partial charge in [0.15, 0.2) is 6.61 Å². The highest BCUT2D eigenvalue weighted by atomic mass is 79.9. The summed E-state index contributed by atoms with van der Waals surface area (Å²) in [7, 11) is 1.36. The van der Waals surface area contributed by atoms with Crippen molar-refractivity contribution in [3.8, 4) is 5.75 Å². The summed E-state index contributed by atoms with van der Waals surface area (Å²) >= 11 is 3.48. The lowest BCUT2D eigenvalue weighted by Gasteiger charge is -2.31. The predicted octanol–water partition coefficient (Wildman–Crippen LogP) is 4.42. The number of ether oxygens (including phenoxy) is 2. The molecule has 1 aliphatic rings. The number of carbonyl (C=O) groups is 1. The molecule has 0 heterocycles. The fourth-order valence-electron chi connectivity index (χ4n) is 2.91. The van der Waals surface area contributed by atoms with Crippen molar-refractivity contribution in [1.82, 2.24) is 0 Å². The third-order valence-electron chi connectivity index (χ3n) is 4.18. The number of hydrogen-bond acceptors (Lipinski definition) is 3. The molecule has 0 aromatic heterocycles. The van der Waals surface area contributed by atoms with Gasteiger partial charge in [-0.15, -0.1) is 0 Å². The first-order valence-corrected chi connectivity index (χ1v) is 8.16. The van der Waals surface area contributed by atoms with E-state index in [2.05, 4.69) is 38.6 Å². The molecule has 4 heteroatoms. The number of carbonyl (C=O) groups excluding carboxylic acids is 1. The van der Waals surface area contributed by atoms with Crippen LogP contribution in [0.4, 0.5) is 0 Å². The van der Waals surface area contributed by atoms with E-state index in [1.807, 2.05) is 18.2 Å². The number of esters is 1. The molecule has 1 aromatic rings. The maximum absolute atomic E-state index is 11.1. The fraction of sp³-hybridized carbons (Fsp3) is 0.471. The van der Waals surface area contributed by atoms with Crippen LogP contribution in [-0.2, 0) is 9.53 Å². The summed E-state index contributed by atoms with van der Waals surface area (Å²) in [4.78, 5) is 13.2. The Hall–Kier alpha value is -1.29. The minimum atomic E-state index is -0.365. The van der Waals surface area contributed by atoms with Crippen molar-refractivity contribution in [2.45, 2.75) is 32.1 Å². The van der Waals surface area contributed by atoms with Gasteiger partial charge in [0.2, 0.25) is 0 Å². The molecule has 3 nitrogen and oxygen atoms in total. The molecule has 0 N–H and O–H groups in total. The Morgan fingerprint density at radius 1 is 1.48 bits per heavy atom. The van der Waals surface area contributed by atoms with Crippen molar-refractivity contribution in [3.05, 3.63) is 40.4 Å². The third-order valence-corrected chi connectivity index (χ3v) is 4.77.